The molecule has 0 amide bonds. The summed E-state index contributed by atoms with van der Waals surface area (Å²) in [6.45, 7) is 6.99. The van der Waals surface area contributed by atoms with E-state index in [1.54, 1.807) is 0 Å². The molecule has 2 N–H and O–H groups in total. The normalized spacial score (nSPS) is 15.9. The van der Waals surface area contributed by atoms with Crippen molar-refractivity contribution in [2.24, 2.45) is 5.92 Å². The summed E-state index contributed by atoms with van der Waals surface area (Å²) in [5, 5.41) is 12.6. The molecule has 0 saturated carbocycles. The van der Waals surface area contributed by atoms with Crippen molar-refractivity contribution in [3.05, 3.63) is 0 Å². The molecule has 0 aliphatic carbocycles. The Kier molecular flexibility index (Phi) is 8.73. The molecule has 0 fully saturated rings. The maximum Gasteiger partial charge on any atom is 0.0446 e. The van der Waals surface area contributed by atoms with E-state index in [9.17, 15) is 0 Å². The van der Waals surface area contributed by atoms with Gasteiger partial charge in [-0.05, 0) is 25.0 Å². The fraction of sp³-hybridized carbons (Fsp3) is 1.00. The molecule has 14 heavy (non-hydrogen) atoms. The highest BCUT2D eigenvalue weighted by molar-refractivity contribution is 7.98. The lowest BCUT2D eigenvalue weighted by Gasteiger charge is -2.27. The van der Waals surface area contributed by atoms with Gasteiger partial charge in [-0.15, -0.1) is 0 Å². The predicted molar refractivity (Wildman–Crippen MR) is 65.9 cm³/mol. The number of thioether (sulfide) groups is 1. The first-order valence-electron chi connectivity index (χ1n) is 5.51. The Hall–Kier alpha value is 0.270. The lowest BCUT2D eigenvalue weighted by Crippen LogP contribution is -2.42. The zero-order valence-corrected chi connectivity index (χ0v) is 10.7. The predicted octanol–water partition coefficient (Wildman–Crippen LogP) is 2.12. The fourth-order valence-corrected chi connectivity index (χ4v) is 2.32. The monoisotopic (exact) mass is 219 g/mol. The number of hydrogen-bond acceptors (Lipinski definition) is 3. The number of rotatable bonds is 8. The third-order valence-corrected chi connectivity index (χ3v) is 3.28. The molecule has 0 bridgehead atoms. The van der Waals surface area contributed by atoms with Crippen molar-refractivity contribution in [2.75, 3.05) is 18.6 Å². The van der Waals surface area contributed by atoms with Crippen molar-refractivity contribution in [1.82, 2.24) is 5.32 Å². The minimum Gasteiger partial charge on any atom is -0.396 e. The summed E-state index contributed by atoms with van der Waals surface area (Å²) in [5.74, 6) is 1.76. The summed E-state index contributed by atoms with van der Waals surface area (Å²) in [6, 6.07) is 1.04. The summed E-state index contributed by atoms with van der Waals surface area (Å²) < 4.78 is 0. The molecular weight excluding hydrogens is 194 g/mol. The van der Waals surface area contributed by atoms with Crippen LogP contribution in [0.25, 0.3) is 0 Å². The highest BCUT2D eigenvalue weighted by Gasteiger charge is 2.15. The molecule has 0 radical (unpaired) electrons. The molecule has 0 spiro atoms. The van der Waals surface area contributed by atoms with E-state index in [1.807, 2.05) is 11.8 Å². The zero-order valence-electron chi connectivity index (χ0n) is 9.92. The average molecular weight is 219 g/mol. The van der Waals surface area contributed by atoms with Crippen molar-refractivity contribution in [3.63, 3.8) is 0 Å². The minimum atomic E-state index is 0.284. The molecule has 86 valence electrons. The average Bonchev–Trinajstić information content (AvgIpc) is 2.14. The van der Waals surface area contributed by atoms with Crippen LogP contribution in [0, 0.1) is 5.92 Å². The van der Waals surface area contributed by atoms with Gasteiger partial charge in [0.05, 0.1) is 0 Å². The second-order valence-corrected chi connectivity index (χ2v) is 5.00. The van der Waals surface area contributed by atoms with Crippen molar-refractivity contribution >= 4 is 11.8 Å². The van der Waals surface area contributed by atoms with Crippen molar-refractivity contribution < 1.29 is 5.11 Å². The van der Waals surface area contributed by atoms with Gasteiger partial charge >= 0.3 is 0 Å². The van der Waals surface area contributed by atoms with Gasteiger partial charge in [0.25, 0.3) is 0 Å². The Bertz CT molecular complexity index is 124. The molecule has 0 aromatic carbocycles. The lowest BCUT2D eigenvalue weighted by atomic mass is 10.0. The molecule has 0 saturated heterocycles. The van der Waals surface area contributed by atoms with E-state index in [2.05, 4.69) is 32.3 Å². The summed E-state index contributed by atoms with van der Waals surface area (Å²) in [7, 11) is 0. The maximum absolute atomic E-state index is 8.94. The Morgan fingerprint density at radius 2 is 2.00 bits per heavy atom. The molecule has 0 heterocycles. The van der Waals surface area contributed by atoms with Crippen LogP contribution in [0.3, 0.4) is 0 Å². The largest absolute Gasteiger partial charge is 0.396 e. The number of aliphatic hydroxyl groups is 1. The third kappa shape index (κ3) is 5.89. The van der Waals surface area contributed by atoms with Gasteiger partial charge in [-0.3, -0.25) is 0 Å². The molecule has 0 aliphatic heterocycles. The van der Waals surface area contributed by atoms with E-state index >= 15 is 0 Å². The molecule has 0 rings (SSSR count). The molecule has 3 heteroatoms. The summed E-state index contributed by atoms with van der Waals surface area (Å²) in [6.07, 6.45) is 4.14. The molecule has 0 aromatic heterocycles. The first kappa shape index (κ1) is 14.3. The molecule has 2 nitrogen and oxygen atoms in total. The highest BCUT2D eigenvalue weighted by atomic mass is 32.2. The van der Waals surface area contributed by atoms with Crippen LogP contribution in [-0.4, -0.2) is 35.8 Å². The van der Waals surface area contributed by atoms with Crippen LogP contribution >= 0.6 is 11.8 Å². The number of nitrogens with one attached hydrogen (secondary N) is 1. The first-order chi connectivity index (χ1) is 6.65. The first-order valence-corrected chi connectivity index (χ1v) is 6.90. The molecule has 0 aromatic rings. The Morgan fingerprint density at radius 3 is 2.36 bits per heavy atom. The van der Waals surface area contributed by atoms with Gasteiger partial charge in [0, 0.05) is 24.4 Å². The third-order valence-electron chi connectivity index (χ3n) is 2.54. The van der Waals surface area contributed by atoms with Crippen LogP contribution in [-0.2, 0) is 0 Å². The van der Waals surface area contributed by atoms with Gasteiger partial charge in [-0.2, -0.15) is 11.8 Å². The van der Waals surface area contributed by atoms with E-state index in [1.165, 1.54) is 0 Å². The van der Waals surface area contributed by atoms with Crippen molar-refractivity contribution in [1.29, 1.82) is 0 Å². The van der Waals surface area contributed by atoms with Crippen molar-refractivity contribution in [2.45, 2.75) is 45.7 Å². The van der Waals surface area contributed by atoms with Gasteiger partial charge in [0.2, 0.25) is 0 Å². The molecule has 0 aliphatic rings. The summed E-state index contributed by atoms with van der Waals surface area (Å²) in [4.78, 5) is 0. The van der Waals surface area contributed by atoms with Crippen molar-refractivity contribution in [3.8, 4) is 0 Å². The number of aliphatic hydroxyl groups excluding tert-OH is 1. The van der Waals surface area contributed by atoms with Crippen LogP contribution in [0.1, 0.15) is 33.6 Å². The Labute approximate surface area is 92.9 Å². The van der Waals surface area contributed by atoms with Crippen LogP contribution in [0.5, 0.6) is 0 Å². The smallest absolute Gasteiger partial charge is 0.0446 e. The topological polar surface area (TPSA) is 32.3 Å². The minimum absolute atomic E-state index is 0.284. The van der Waals surface area contributed by atoms with E-state index in [4.69, 9.17) is 5.11 Å². The van der Waals surface area contributed by atoms with E-state index in [0.717, 1.165) is 18.6 Å². The van der Waals surface area contributed by atoms with Gasteiger partial charge in [-0.1, -0.05) is 20.8 Å². The SMILES string of the molecule is CCC(NC(CCO)CSC)C(C)C. The van der Waals surface area contributed by atoms with E-state index in [-0.39, 0.29) is 6.61 Å². The Balaban J connectivity index is 3.96. The van der Waals surface area contributed by atoms with Crippen LogP contribution in [0.15, 0.2) is 0 Å². The van der Waals surface area contributed by atoms with Gasteiger partial charge in [0.15, 0.2) is 0 Å². The molecular formula is C11H25NOS. The van der Waals surface area contributed by atoms with E-state index < -0.39 is 0 Å². The maximum atomic E-state index is 8.94. The van der Waals surface area contributed by atoms with Gasteiger partial charge in [-0.25, -0.2) is 0 Å². The second-order valence-electron chi connectivity index (χ2n) is 4.09. The quantitative estimate of drug-likeness (QED) is 0.656. The summed E-state index contributed by atoms with van der Waals surface area (Å²) >= 11 is 1.84. The number of hydrogen-bond donors (Lipinski definition) is 2. The summed E-state index contributed by atoms with van der Waals surface area (Å²) in [5.41, 5.74) is 0. The van der Waals surface area contributed by atoms with Crippen LogP contribution < -0.4 is 5.32 Å². The zero-order chi connectivity index (χ0) is 11.0. The molecule has 2 unspecified atom stereocenters. The lowest BCUT2D eigenvalue weighted by molar-refractivity contribution is 0.254. The van der Waals surface area contributed by atoms with Crippen LogP contribution in [0.4, 0.5) is 0 Å². The standard InChI is InChI=1S/C11H25NOS/c1-5-11(9(2)3)12-10(6-7-13)8-14-4/h9-13H,5-8H2,1-4H3. The van der Waals surface area contributed by atoms with Gasteiger partial charge < -0.3 is 10.4 Å². The second kappa shape index (κ2) is 8.57. The fourth-order valence-electron chi connectivity index (χ4n) is 1.66. The van der Waals surface area contributed by atoms with Crippen LogP contribution in [0.2, 0.25) is 0 Å². The van der Waals surface area contributed by atoms with Gasteiger partial charge in [0.1, 0.15) is 0 Å². The highest BCUT2D eigenvalue weighted by Crippen LogP contribution is 2.09. The molecule has 2 atom stereocenters. The van der Waals surface area contributed by atoms with E-state index in [0.29, 0.717) is 18.0 Å². The Morgan fingerprint density at radius 1 is 1.36 bits per heavy atom.